The van der Waals surface area contributed by atoms with Crippen molar-refractivity contribution < 1.29 is 23.1 Å². The van der Waals surface area contributed by atoms with Gasteiger partial charge < -0.3 is 15.3 Å². The lowest BCUT2D eigenvalue weighted by Gasteiger charge is -2.50. The van der Waals surface area contributed by atoms with Crippen molar-refractivity contribution in [1.29, 1.82) is 0 Å². The summed E-state index contributed by atoms with van der Waals surface area (Å²) < 4.78 is 39.2. The van der Waals surface area contributed by atoms with Gasteiger partial charge in [0.25, 0.3) is 0 Å². The molecule has 1 heterocycles. The van der Waals surface area contributed by atoms with Gasteiger partial charge in [0.2, 0.25) is 5.84 Å². The summed E-state index contributed by atoms with van der Waals surface area (Å²) in [5.41, 5.74) is -0.161. The Bertz CT molecular complexity index is 1060. The third-order valence-corrected chi connectivity index (χ3v) is 8.30. The number of urea groups is 1. The van der Waals surface area contributed by atoms with Crippen LogP contribution in [0.4, 0.5) is 18.0 Å². The monoisotopic (exact) mass is 519 g/mol. The summed E-state index contributed by atoms with van der Waals surface area (Å²) in [5.74, 6) is -1.36. The molecule has 1 saturated heterocycles. The molecule has 7 nitrogen and oxygen atoms in total. The van der Waals surface area contributed by atoms with Crippen molar-refractivity contribution >= 4 is 18.6 Å². The molecule has 2 aliphatic carbocycles. The molecule has 37 heavy (non-hydrogen) atoms. The van der Waals surface area contributed by atoms with Gasteiger partial charge in [0.1, 0.15) is 0 Å². The van der Waals surface area contributed by atoms with E-state index in [0.29, 0.717) is 37.9 Å². The van der Waals surface area contributed by atoms with E-state index in [0.717, 1.165) is 32.0 Å². The lowest BCUT2D eigenvalue weighted by Crippen LogP contribution is -2.59. The Kier molecular flexibility index (Phi) is 7.54. The molecule has 1 spiro atoms. The average molecular weight is 520 g/mol. The number of amidine groups is 1. The van der Waals surface area contributed by atoms with Gasteiger partial charge in [0.05, 0.1) is 24.2 Å². The molecule has 0 unspecified atom stereocenters. The first-order chi connectivity index (χ1) is 17.5. The van der Waals surface area contributed by atoms with E-state index >= 15 is 0 Å². The Morgan fingerprint density at radius 3 is 2.32 bits per heavy atom. The normalized spacial score (nSPS) is 28.5. The second-order valence-electron chi connectivity index (χ2n) is 10.6. The third kappa shape index (κ3) is 5.31. The molecule has 1 aromatic rings. The zero-order valence-corrected chi connectivity index (χ0v) is 21.5. The number of halogens is 3. The molecule has 202 valence electrons. The summed E-state index contributed by atoms with van der Waals surface area (Å²) >= 11 is 0. The van der Waals surface area contributed by atoms with Gasteiger partial charge in [-0.25, -0.2) is 14.8 Å². The summed E-state index contributed by atoms with van der Waals surface area (Å²) in [6, 6.07) is 9.99. The highest BCUT2D eigenvalue weighted by atomic mass is 19.4. The topological polar surface area (TPSA) is 80.5 Å². The summed E-state index contributed by atoms with van der Waals surface area (Å²) in [7, 11) is 0. The number of carbonyl (C=O) groups excluding carboxylic acids is 1. The average Bonchev–Trinajstić information content (AvgIpc) is 3.11. The summed E-state index contributed by atoms with van der Waals surface area (Å²) in [4.78, 5) is 23.4. The standard InChI is InChI=1S/C27H36F3N5O2/c1-4-33-26(21-9-6-5-7-10-21)15-13-24(14-16-26)18-34(20(2)17-32-22(31-3)27(28,29)30)23(36)35(24)19-25(37)11-8-12-25/h5-7,9-10,17,33,37H,3-4,8,11-16,18-19H2,1-2H3/b20-17+,32-22-/t24-,26+. The molecule has 2 N–H and O–H groups in total. The maximum Gasteiger partial charge on any atom is 0.451 e. The second-order valence-corrected chi connectivity index (χ2v) is 10.6. The maximum absolute atomic E-state index is 13.7. The number of nitrogens with zero attached hydrogens (tertiary/aromatic N) is 4. The fraction of sp³-hybridized carbons (Fsp3) is 0.593. The van der Waals surface area contributed by atoms with Gasteiger partial charge in [0, 0.05) is 17.4 Å². The van der Waals surface area contributed by atoms with E-state index in [4.69, 9.17) is 0 Å². The molecule has 0 radical (unpaired) electrons. The highest BCUT2D eigenvalue weighted by Gasteiger charge is 2.56. The van der Waals surface area contributed by atoms with Crippen LogP contribution >= 0.6 is 0 Å². The number of hydrogen-bond acceptors (Lipinski definition) is 4. The predicted molar refractivity (Wildman–Crippen MR) is 137 cm³/mol. The van der Waals surface area contributed by atoms with Crippen molar-refractivity contribution in [2.75, 3.05) is 19.6 Å². The minimum Gasteiger partial charge on any atom is -0.388 e. The number of hydrogen-bond donors (Lipinski definition) is 2. The number of carbonyl (C=O) groups is 1. The van der Waals surface area contributed by atoms with Crippen LogP contribution in [0.1, 0.15) is 64.4 Å². The van der Waals surface area contributed by atoms with E-state index in [-0.39, 0.29) is 18.1 Å². The van der Waals surface area contributed by atoms with Gasteiger partial charge in [-0.05, 0) is 70.7 Å². The molecule has 3 fully saturated rings. The molecular formula is C27H36F3N5O2. The summed E-state index contributed by atoms with van der Waals surface area (Å²) in [6.07, 6.45) is 1.47. The molecule has 1 aliphatic heterocycles. The van der Waals surface area contributed by atoms with Crippen molar-refractivity contribution in [3.63, 3.8) is 0 Å². The Balaban J connectivity index is 1.63. The molecule has 2 amide bonds. The highest BCUT2D eigenvalue weighted by molar-refractivity contribution is 5.91. The summed E-state index contributed by atoms with van der Waals surface area (Å²) in [5, 5.41) is 14.7. The molecule has 0 aromatic heterocycles. The van der Waals surface area contributed by atoms with Gasteiger partial charge in [-0.3, -0.25) is 4.90 Å². The highest BCUT2D eigenvalue weighted by Crippen LogP contribution is 2.48. The second kappa shape index (κ2) is 10.2. The first-order valence-electron chi connectivity index (χ1n) is 12.9. The number of amides is 2. The lowest BCUT2D eigenvalue weighted by atomic mass is 9.68. The van der Waals surface area contributed by atoms with Gasteiger partial charge in [0.15, 0.2) is 0 Å². The van der Waals surface area contributed by atoms with Crippen LogP contribution < -0.4 is 5.32 Å². The zero-order chi connectivity index (χ0) is 26.9. The maximum atomic E-state index is 13.7. The Morgan fingerprint density at radius 2 is 1.81 bits per heavy atom. The van der Waals surface area contributed by atoms with Crippen molar-refractivity contribution in [1.82, 2.24) is 15.1 Å². The fourth-order valence-electron chi connectivity index (χ4n) is 6.01. The first kappa shape index (κ1) is 27.3. The summed E-state index contributed by atoms with van der Waals surface area (Å²) in [6.45, 7) is 7.96. The number of aliphatic imine (C=N–C) groups is 2. The fourth-order valence-corrected chi connectivity index (χ4v) is 6.01. The van der Waals surface area contributed by atoms with Crippen LogP contribution in [0.15, 0.2) is 52.2 Å². The van der Waals surface area contributed by atoms with E-state index in [1.54, 1.807) is 11.8 Å². The van der Waals surface area contributed by atoms with Gasteiger partial charge >= 0.3 is 12.2 Å². The molecular weight excluding hydrogens is 483 g/mol. The van der Waals surface area contributed by atoms with Crippen LogP contribution in [-0.2, 0) is 5.54 Å². The van der Waals surface area contributed by atoms with Crippen LogP contribution in [0, 0.1) is 0 Å². The van der Waals surface area contributed by atoms with Crippen LogP contribution in [0.2, 0.25) is 0 Å². The Morgan fingerprint density at radius 1 is 1.16 bits per heavy atom. The molecule has 3 aliphatic rings. The molecule has 10 heteroatoms. The molecule has 4 rings (SSSR count). The lowest BCUT2D eigenvalue weighted by molar-refractivity contribution is -0.0691. The van der Waals surface area contributed by atoms with Crippen LogP contribution in [0.25, 0.3) is 0 Å². The Hall–Kier alpha value is -2.72. The number of alkyl halides is 3. The number of benzene rings is 1. The van der Waals surface area contributed by atoms with Crippen LogP contribution in [0.5, 0.6) is 0 Å². The third-order valence-electron chi connectivity index (χ3n) is 8.30. The van der Waals surface area contributed by atoms with Crippen molar-refractivity contribution in [2.24, 2.45) is 9.98 Å². The molecule has 2 saturated carbocycles. The zero-order valence-electron chi connectivity index (χ0n) is 21.5. The predicted octanol–water partition coefficient (Wildman–Crippen LogP) is 4.98. The van der Waals surface area contributed by atoms with E-state index < -0.39 is 23.2 Å². The number of rotatable bonds is 7. The molecule has 0 bridgehead atoms. The minimum atomic E-state index is -4.73. The van der Waals surface area contributed by atoms with Gasteiger partial charge in [-0.15, -0.1) is 0 Å². The SMILES string of the molecule is C=N/C(=N\C=C(/C)N1C[C@]2(CC[C@@](NCC)(c3ccccc3)CC2)N(CC2(O)CCC2)C1=O)C(F)(F)F. The Labute approximate surface area is 216 Å². The van der Waals surface area contributed by atoms with Crippen molar-refractivity contribution in [2.45, 2.75) is 81.6 Å². The van der Waals surface area contributed by atoms with E-state index in [1.807, 2.05) is 18.2 Å². The molecule has 1 aromatic carbocycles. The van der Waals surface area contributed by atoms with E-state index in [1.165, 1.54) is 10.5 Å². The molecule has 0 atom stereocenters. The van der Waals surface area contributed by atoms with E-state index in [2.05, 4.69) is 41.1 Å². The smallest absolute Gasteiger partial charge is 0.388 e. The van der Waals surface area contributed by atoms with Crippen molar-refractivity contribution in [3.8, 4) is 0 Å². The van der Waals surface area contributed by atoms with E-state index in [9.17, 15) is 23.1 Å². The van der Waals surface area contributed by atoms with Crippen LogP contribution in [0.3, 0.4) is 0 Å². The number of nitrogens with one attached hydrogen (secondary N) is 1. The largest absolute Gasteiger partial charge is 0.451 e. The van der Waals surface area contributed by atoms with Crippen LogP contribution in [-0.4, -0.2) is 70.4 Å². The van der Waals surface area contributed by atoms with Crippen molar-refractivity contribution in [3.05, 3.63) is 47.8 Å². The number of β-amino-alcohol motifs (C(OH)–C–C–N with tert-alkyl or cyclic N) is 1. The number of aliphatic hydroxyl groups is 1. The first-order valence-corrected chi connectivity index (χ1v) is 12.9. The quantitative estimate of drug-likeness (QED) is 0.394. The van der Waals surface area contributed by atoms with Gasteiger partial charge in [-0.1, -0.05) is 37.3 Å². The minimum absolute atomic E-state index is 0.219. The van der Waals surface area contributed by atoms with Gasteiger partial charge in [-0.2, -0.15) is 13.2 Å². The number of allylic oxidation sites excluding steroid dienone is 1.